The third-order valence-electron chi connectivity index (χ3n) is 2.53. The quantitative estimate of drug-likeness (QED) is 0.800. The lowest BCUT2D eigenvalue weighted by atomic mass is 10.2. The van der Waals surface area contributed by atoms with Gasteiger partial charge in [-0.2, -0.15) is 10.1 Å². The van der Waals surface area contributed by atoms with Gasteiger partial charge in [0.1, 0.15) is 0 Å². The maximum absolute atomic E-state index is 11.8. The van der Waals surface area contributed by atoms with Gasteiger partial charge in [-0.3, -0.25) is 4.79 Å². The third kappa shape index (κ3) is 2.49. The first-order valence-electron chi connectivity index (χ1n) is 5.81. The zero-order valence-electron chi connectivity index (χ0n) is 10.4. The lowest BCUT2D eigenvalue weighted by Crippen LogP contribution is -2.22. The summed E-state index contributed by atoms with van der Waals surface area (Å²) in [6, 6.07) is 1.88. The predicted molar refractivity (Wildman–Crippen MR) is 66.0 cm³/mol. The molecular formula is C12H16N4O. The standard InChI is InChI=1S/C12H16N4O/c1-4-5-10-7-11(17)16(15-10)12-13-8(2)6-9(3)14-12/h6H,4-5,7H2,1-3H3. The molecule has 0 aliphatic carbocycles. The molecule has 0 spiro atoms. The van der Waals surface area contributed by atoms with Crippen LogP contribution in [0.4, 0.5) is 5.95 Å². The van der Waals surface area contributed by atoms with E-state index in [-0.39, 0.29) is 5.91 Å². The molecule has 0 aromatic carbocycles. The van der Waals surface area contributed by atoms with E-state index in [9.17, 15) is 4.79 Å². The molecular weight excluding hydrogens is 216 g/mol. The van der Waals surface area contributed by atoms with Crippen LogP contribution in [-0.2, 0) is 4.79 Å². The fraction of sp³-hybridized carbons (Fsp3) is 0.500. The molecule has 0 radical (unpaired) electrons. The monoisotopic (exact) mass is 232 g/mol. The van der Waals surface area contributed by atoms with Crippen LogP contribution in [0.5, 0.6) is 0 Å². The highest BCUT2D eigenvalue weighted by Crippen LogP contribution is 2.18. The largest absolute Gasteiger partial charge is 0.272 e. The molecule has 90 valence electrons. The Morgan fingerprint density at radius 1 is 1.29 bits per heavy atom. The Labute approximate surface area is 101 Å². The highest BCUT2D eigenvalue weighted by atomic mass is 16.2. The van der Waals surface area contributed by atoms with Crippen LogP contribution in [0.3, 0.4) is 0 Å². The maximum Gasteiger partial charge on any atom is 0.255 e. The Morgan fingerprint density at radius 2 is 1.94 bits per heavy atom. The molecule has 5 nitrogen and oxygen atoms in total. The summed E-state index contributed by atoms with van der Waals surface area (Å²) in [5.74, 6) is 0.344. The van der Waals surface area contributed by atoms with E-state index in [0.29, 0.717) is 12.4 Å². The lowest BCUT2D eigenvalue weighted by Gasteiger charge is -2.10. The molecule has 5 heteroatoms. The van der Waals surface area contributed by atoms with Gasteiger partial charge in [0.2, 0.25) is 0 Å². The molecule has 1 amide bonds. The van der Waals surface area contributed by atoms with Crippen LogP contribution in [0, 0.1) is 13.8 Å². The maximum atomic E-state index is 11.8. The number of aromatic nitrogens is 2. The van der Waals surface area contributed by atoms with Gasteiger partial charge in [-0.05, 0) is 26.3 Å². The molecule has 1 aromatic rings. The van der Waals surface area contributed by atoms with E-state index in [1.165, 1.54) is 5.01 Å². The molecule has 1 aliphatic heterocycles. The number of nitrogens with zero attached hydrogens (tertiary/aromatic N) is 4. The summed E-state index contributed by atoms with van der Waals surface area (Å²) in [5.41, 5.74) is 2.61. The Kier molecular flexibility index (Phi) is 3.17. The van der Waals surface area contributed by atoms with Gasteiger partial charge in [-0.1, -0.05) is 13.3 Å². The fourth-order valence-electron chi connectivity index (χ4n) is 1.87. The van der Waals surface area contributed by atoms with E-state index in [4.69, 9.17) is 0 Å². The minimum Gasteiger partial charge on any atom is -0.272 e. The number of hydrogen-bond donors (Lipinski definition) is 0. The smallest absolute Gasteiger partial charge is 0.255 e. The summed E-state index contributed by atoms with van der Waals surface area (Å²) >= 11 is 0. The lowest BCUT2D eigenvalue weighted by molar-refractivity contribution is -0.117. The first-order chi connectivity index (χ1) is 8.10. The van der Waals surface area contributed by atoms with Crippen LogP contribution >= 0.6 is 0 Å². The Bertz CT molecular complexity index is 461. The zero-order valence-corrected chi connectivity index (χ0v) is 10.4. The van der Waals surface area contributed by atoms with Crippen molar-refractivity contribution in [3.05, 3.63) is 17.5 Å². The fourth-order valence-corrected chi connectivity index (χ4v) is 1.87. The van der Waals surface area contributed by atoms with Crippen molar-refractivity contribution in [2.24, 2.45) is 5.10 Å². The molecule has 1 aromatic heterocycles. The number of amides is 1. The summed E-state index contributed by atoms with van der Waals surface area (Å²) in [7, 11) is 0. The summed E-state index contributed by atoms with van der Waals surface area (Å²) in [6.07, 6.45) is 2.24. The molecule has 2 heterocycles. The van der Waals surface area contributed by atoms with Gasteiger partial charge in [0.25, 0.3) is 11.9 Å². The number of hydrazone groups is 1. The normalized spacial score (nSPS) is 15.4. The highest BCUT2D eigenvalue weighted by Gasteiger charge is 2.26. The van der Waals surface area contributed by atoms with E-state index in [1.807, 2.05) is 19.9 Å². The second-order valence-corrected chi connectivity index (χ2v) is 4.25. The van der Waals surface area contributed by atoms with Crippen molar-refractivity contribution in [1.82, 2.24) is 9.97 Å². The summed E-state index contributed by atoms with van der Waals surface area (Å²) in [6.45, 7) is 5.84. The molecule has 17 heavy (non-hydrogen) atoms. The van der Waals surface area contributed by atoms with Crippen molar-refractivity contribution in [1.29, 1.82) is 0 Å². The molecule has 0 atom stereocenters. The van der Waals surface area contributed by atoms with Crippen LogP contribution in [0.1, 0.15) is 37.6 Å². The topological polar surface area (TPSA) is 58.5 Å². The van der Waals surface area contributed by atoms with Crippen LogP contribution in [-0.4, -0.2) is 21.6 Å². The van der Waals surface area contributed by atoms with Crippen LogP contribution < -0.4 is 5.01 Å². The summed E-state index contributed by atoms with van der Waals surface area (Å²) < 4.78 is 0. The minimum atomic E-state index is -0.0431. The predicted octanol–water partition coefficient (Wildman–Crippen LogP) is 1.99. The molecule has 0 saturated carbocycles. The van der Waals surface area contributed by atoms with E-state index in [1.54, 1.807) is 0 Å². The first kappa shape index (κ1) is 11.7. The molecule has 0 bridgehead atoms. The number of carbonyl (C=O) groups excluding carboxylic acids is 1. The van der Waals surface area contributed by atoms with Crippen molar-refractivity contribution < 1.29 is 4.79 Å². The second-order valence-electron chi connectivity index (χ2n) is 4.25. The Hall–Kier alpha value is -1.78. The van der Waals surface area contributed by atoms with E-state index < -0.39 is 0 Å². The van der Waals surface area contributed by atoms with Gasteiger partial charge in [-0.15, -0.1) is 0 Å². The van der Waals surface area contributed by atoms with Crippen molar-refractivity contribution in [3.8, 4) is 0 Å². The van der Waals surface area contributed by atoms with Gasteiger partial charge >= 0.3 is 0 Å². The minimum absolute atomic E-state index is 0.0431. The summed E-state index contributed by atoms with van der Waals surface area (Å²) in [4.78, 5) is 20.3. The Balaban J connectivity index is 2.30. The molecule has 0 N–H and O–H groups in total. The first-order valence-corrected chi connectivity index (χ1v) is 5.81. The average molecular weight is 232 g/mol. The third-order valence-corrected chi connectivity index (χ3v) is 2.53. The molecule has 1 aliphatic rings. The summed E-state index contributed by atoms with van der Waals surface area (Å²) in [5, 5.41) is 5.61. The molecule has 0 unspecified atom stereocenters. The number of hydrogen-bond acceptors (Lipinski definition) is 4. The van der Waals surface area contributed by atoms with Crippen LogP contribution in [0.25, 0.3) is 0 Å². The van der Waals surface area contributed by atoms with E-state index in [2.05, 4.69) is 22.0 Å². The van der Waals surface area contributed by atoms with Crippen LogP contribution in [0.15, 0.2) is 11.2 Å². The number of aryl methyl sites for hydroxylation is 2. The van der Waals surface area contributed by atoms with Gasteiger partial charge in [0.15, 0.2) is 0 Å². The molecule has 0 fully saturated rings. The van der Waals surface area contributed by atoms with Crippen molar-refractivity contribution >= 4 is 17.6 Å². The van der Waals surface area contributed by atoms with Crippen molar-refractivity contribution in [2.45, 2.75) is 40.0 Å². The van der Waals surface area contributed by atoms with E-state index >= 15 is 0 Å². The number of rotatable bonds is 3. The zero-order chi connectivity index (χ0) is 12.4. The average Bonchev–Trinajstić information content (AvgIpc) is 2.58. The van der Waals surface area contributed by atoms with Gasteiger partial charge in [-0.25, -0.2) is 9.97 Å². The SMILES string of the molecule is CCCC1=NN(c2nc(C)cc(C)n2)C(=O)C1. The molecule has 0 saturated heterocycles. The van der Waals surface area contributed by atoms with Crippen molar-refractivity contribution in [3.63, 3.8) is 0 Å². The van der Waals surface area contributed by atoms with Crippen molar-refractivity contribution in [2.75, 3.05) is 5.01 Å². The van der Waals surface area contributed by atoms with Gasteiger partial charge in [0.05, 0.1) is 6.42 Å². The number of carbonyl (C=O) groups is 1. The Morgan fingerprint density at radius 3 is 2.53 bits per heavy atom. The van der Waals surface area contributed by atoms with E-state index in [0.717, 1.165) is 29.9 Å². The highest BCUT2D eigenvalue weighted by molar-refractivity contribution is 6.12. The van der Waals surface area contributed by atoms with Gasteiger partial charge < -0.3 is 0 Å². The second kappa shape index (κ2) is 4.61. The van der Waals surface area contributed by atoms with Crippen LogP contribution in [0.2, 0.25) is 0 Å². The number of anilines is 1. The van der Waals surface area contributed by atoms with Gasteiger partial charge in [0, 0.05) is 17.1 Å². The molecule has 2 rings (SSSR count).